The van der Waals surface area contributed by atoms with Gasteiger partial charge in [0.25, 0.3) is 5.91 Å². The normalized spacial score (nSPS) is 10.3. The number of ether oxygens (including phenoxy) is 2. The molecule has 0 saturated carbocycles. The smallest absolute Gasteiger partial charge is 0.271 e. The Hall–Kier alpha value is -2.97. The Morgan fingerprint density at radius 1 is 1.28 bits per heavy atom. The Kier molecular flexibility index (Phi) is 6.87. The molecule has 0 fully saturated rings. The standard InChI is InChI=1S/C19H17ClN2O3/c1-3-11-25-18-10-7-16(20)12-15(18)13-21-22-19(23)14-5-8-17(9-6-14)24-4-2/h1,5-10,12-13H,4,11H2,2H3,(H,22,23)/b21-13+. The van der Waals surface area contributed by atoms with E-state index in [-0.39, 0.29) is 12.5 Å². The summed E-state index contributed by atoms with van der Waals surface area (Å²) in [5.41, 5.74) is 3.53. The number of hydrazone groups is 1. The molecule has 6 heteroatoms. The van der Waals surface area contributed by atoms with E-state index in [1.54, 1.807) is 42.5 Å². The predicted molar refractivity (Wildman–Crippen MR) is 98.5 cm³/mol. The lowest BCUT2D eigenvalue weighted by Gasteiger charge is -2.07. The molecular formula is C19H17ClN2O3. The highest BCUT2D eigenvalue weighted by Crippen LogP contribution is 2.21. The molecule has 25 heavy (non-hydrogen) atoms. The van der Waals surface area contributed by atoms with Crippen molar-refractivity contribution in [1.82, 2.24) is 5.43 Å². The van der Waals surface area contributed by atoms with Crippen molar-refractivity contribution in [2.75, 3.05) is 13.2 Å². The number of carbonyl (C=O) groups is 1. The number of benzene rings is 2. The maximum Gasteiger partial charge on any atom is 0.271 e. The van der Waals surface area contributed by atoms with Crippen molar-refractivity contribution in [3.63, 3.8) is 0 Å². The first kappa shape index (κ1) is 18.4. The molecule has 128 valence electrons. The van der Waals surface area contributed by atoms with Gasteiger partial charge in [0.05, 0.1) is 12.8 Å². The summed E-state index contributed by atoms with van der Waals surface area (Å²) in [4.78, 5) is 12.1. The number of hydrogen-bond acceptors (Lipinski definition) is 4. The van der Waals surface area contributed by atoms with E-state index in [1.165, 1.54) is 6.21 Å². The molecule has 5 nitrogen and oxygen atoms in total. The summed E-state index contributed by atoms with van der Waals surface area (Å²) in [5.74, 6) is 3.28. The van der Waals surface area contributed by atoms with Crippen molar-refractivity contribution < 1.29 is 14.3 Å². The highest BCUT2D eigenvalue weighted by Gasteiger charge is 2.05. The largest absolute Gasteiger partial charge is 0.494 e. The second kappa shape index (κ2) is 9.36. The van der Waals surface area contributed by atoms with E-state index in [0.717, 1.165) is 0 Å². The lowest BCUT2D eigenvalue weighted by Crippen LogP contribution is -2.17. The van der Waals surface area contributed by atoms with Crippen molar-refractivity contribution >= 4 is 23.7 Å². The van der Waals surface area contributed by atoms with Crippen LogP contribution < -0.4 is 14.9 Å². The maximum absolute atomic E-state index is 12.1. The van der Waals surface area contributed by atoms with Gasteiger partial charge in [-0.1, -0.05) is 17.5 Å². The minimum Gasteiger partial charge on any atom is -0.494 e. The van der Waals surface area contributed by atoms with Gasteiger partial charge in [-0.3, -0.25) is 4.79 Å². The molecule has 2 rings (SSSR count). The summed E-state index contributed by atoms with van der Waals surface area (Å²) in [7, 11) is 0. The molecular weight excluding hydrogens is 340 g/mol. The van der Waals surface area contributed by atoms with Crippen molar-refractivity contribution in [1.29, 1.82) is 0 Å². The summed E-state index contributed by atoms with van der Waals surface area (Å²) in [6.07, 6.45) is 6.64. The van der Waals surface area contributed by atoms with Gasteiger partial charge in [0, 0.05) is 16.1 Å². The first-order valence-corrected chi connectivity index (χ1v) is 7.94. The van der Waals surface area contributed by atoms with Gasteiger partial charge in [0.1, 0.15) is 18.1 Å². The zero-order chi connectivity index (χ0) is 18.1. The average Bonchev–Trinajstić information content (AvgIpc) is 2.62. The van der Waals surface area contributed by atoms with Crippen LogP contribution in [0.3, 0.4) is 0 Å². The summed E-state index contributed by atoms with van der Waals surface area (Å²) in [5, 5.41) is 4.46. The van der Waals surface area contributed by atoms with Crippen LogP contribution in [0.5, 0.6) is 11.5 Å². The summed E-state index contributed by atoms with van der Waals surface area (Å²) in [6.45, 7) is 2.59. The number of rotatable bonds is 7. The molecule has 0 aliphatic carbocycles. The topological polar surface area (TPSA) is 59.9 Å². The quantitative estimate of drug-likeness (QED) is 0.469. The van der Waals surface area contributed by atoms with Gasteiger partial charge in [-0.25, -0.2) is 5.43 Å². The molecule has 0 bridgehead atoms. The van der Waals surface area contributed by atoms with E-state index >= 15 is 0 Å². The van der Waals surface area contributed by atoms with Crippen molar-refractivity contribution in [3.8, 4) is 23.8 Å². The first-order valence-electron chi connectivity index (χ1n) is 7.56. The van der Waals surface area contributed by atoms with E-state index in [4.69, 9.17) is 27.5 Å². The molecule has 0 saturated heterocycles. The van der Waals surface area contributed by atoms with E-state index < -0.39 is 0 Å². The van der Waals surface area contributed by atoms with Crippen LogP contribution in [0.4, 0.5) is 0 Å². The maximum atomic E-state index is 12.1. The predicted octanol–water partition coefficient (Wildman–Crippen LogP) is 3.51. The molecule has 0 aliphatic heterocycles. The van der Waals surface area contributed by atoms with Crippen LogP contribution in [0.1, 0.15) is 22.8 Å². The second-order valence-electron chi connectivity index (χ2n) is 4.83. The number of terminal acetylenes is 1. The summed E-state index contributed by atoms with van der Waals surface area (Å²) >= 11 is 5.97. The van der Waals surface area contributed by atoms with Crippen molar-refractivity contribution in [2.24, 2.45) is 5.10 Å². The molecule has 2 aromatic rings. The van der Waals surface area contributed by atoms with E-state index in [0.29, 0.717) is 34.3 Å². The number of amides is 1. The van der Waals surface area contributed by atoms with Gasteiger partial charge >= 0.3 is 0 Å². The minimum atomic E-state index is -0.340. The molecule has 0 heterocycles. The Balaban J connectivity index is 2.03. The molecule has 2 aromatic carbocycles. The van der Waals surface area contributed by atoms with Crippen LogP contribution >= 0.6 is 11.6 Å². The van der Waals surface area contributed by atoms with Crippen LogP contribution in [-0.2, 0) is 0 Å². The number of nitrogens with zero attached hydrogens (tertiary/aromatic N) is 1. The number of halogens is 1. The Morgan fingerprint density at radius 2 is 2.04 bits per heavy atom. The molecule has 0 spiro atoms. The Bertz CT molecular complexity index is 795. The fourth-order valence-corrected chi connectivity index (χ4v) is 2.15. The third kappa shape index (κ3) is 5.55. The zero-order valence-electron chi connectivity index (χ0n) is 13.7. The van der Waals surface area contributed by atoms with Gasteiger partial charge in [-0.05, 0) is 49.4 Å². The van der Waals surface area contributed by atoms with E-state index in [9.17, 15) is 4.79 Å². The number of carbonyl (C=O) groups excluding carboxylic acids is 1. The van der Waals surface area contributed by atoms with Crippen LogP contribution in [0, 0.1) is 12.3 Å². The van der Waals surface area contributed by atoms with Gasteiger partial charge in [0.15, 0.2) is 0 Å². The highest BCUT2D eigenvalue weighted by atomic mass is 35.5. The first-order chi connectivity index (χ1) is 12.1. The summed E-state index contributed by atoms with van der Waals surface area (Å²) < 4.78 is 10.7. The Morgan fingerprint density at radius 3 is 2.72 bits per heavy atom. The minimum absolute atomic E-state index is 0.126. The van der Waals surface area contributed by atoms with Gasteiger partial charge < -0.3 is 9.47 Å². The average molecular weight is 357 g/mol. The summed E-state index contributed by atoms with van der Waals surface area (Å²) in [6, 6.07) is 11.8. The molecule has 0 atom stereocenters. The van der Waals surface area contributed by atoms with Crippen LogP contribution in [-0.4, -0.2) is 25.3 Å². The lowest BCUT2D eigenvalue weighted by atomic mass is 10.2. The van der Waals surface area contributed by atoms with Crippen molar-refractivity contribution in [2.45, 2.75) is 6.92 Å². The van der Waals surface area contributed by atoms with Gasteiger partial charge in [0.2, 0.25) is 0 Å². The third-order valence-electron chi connectivity index (χ3n) is 3.08. The Labute approximate surface area is 151 Å². The number of hydrogen-bond donors (Lipinski definition) is 1. The van der Waals surface area contributed by atoms with E-state index in [1.807, 2.05) is 6.92 Å². The second-order valence-corrected chi connectivity index (χ2v) is 5.27. The fourth-order valence-electron chi connectivity index (χ4n) is 1.97. The molecule has 0 aliphatic rings. The molecule has 1 amide bonds. The molecule has 1 N–H and O–H groups in total. The van der Waals surface area contributed by atoms with Crippen LogP contribution in [0.25, 0.3) is 0 Å². The van der Waals surface area contributed by atoms with Gasteiger partial charge in [-0.2, -0.15) is 5.10 Å². The monoisotopic (exact) mass is 356 g/mol. The van der Waals surface area contributed by atoms with Crippen LogP contribution in [0.2, 0.25) is 5.02 Å². The fraction of sp³-hybridized carbons (Fsp3) is 0.158. The SMILES string of the molecule is C#CCOc1ccc(Cl)cc1/C=N/NC(=O)c1ccc(OCC)cc1. The molecule has 0 aromatic heterocycles. The molecule has 0 unspecified atom stereocenters. The van der Waals surface area contributed by atoms with Crippen LogP contribution in [0.15, 0.2) is 47.6 Å². The van der Waals surface area contributed by atoms with Gasteiger partial charge in [-0.15, -0.1) is 6.42 Å². The highest BCUT2D eigenvalue weighted by molar-refractivity contribution is 6.30. The molecule has 0 radical (unpaired) electrons. The van der Waals surface area contributed by atoms with Crippen molar-refractivity contribution in [3.05, 3.63) is 58.6 Å². The lowest BCUT2D eigenvalue weighted by molar-refractivity contribution is 0.0955. The van der Waals surface area contributed by atoms with E-state index in [2.05, 4.69) is 16.4 Å². The number of nitrogens with one attached hydrogen (secondary N) is 1. The third-order valence-corrected chi connectivity index (χ3v) is 3.32. The zero-order valence-corrected chi connectivity index (χ0v) is 14.4.